The highest BCUT2D eigenvalue weighted by molar-refractivity contribution is 6.36. The van der Waals surface area contributed by atoms with Gasteiger partial charge in [-0.25, -0.2) is 0 Å². The Hall–Kier alpha value is -1.35. The van der Waals surface area contributed by atoms with Gasteiger partial charge in [-0.3, -0.25) is 9.59 Å². The Morgan fingerprint density at radius 2 is 1.65 bits per heavy atom. The number of amides is 1. The highest BCUT2D eigenvalue weighted by Crippen LogP contribution is 2.60. The molecule has 23 heavy (non-hydrogen) atoms. The first-order valence-electron chi connectivity index (χ1n) is 8.58. The van der Waals surface area contributed by atoms with Crippen LogP contribution in [0.25, 0.3) is 0 Å². The molecule has 5 rings (SSSR count). The Morgan fingerprint density at radius 1 is 1.09 bits per heavy atom. The SMILES string of the molecule is CC(=O)c1cccc(NC(=O)C23CC4CC(CC(C4)C2)C3)c1Cl. The molecule has 0 aliphatic heterocycles. The van der Waals surface area contributed by atoms with E-state index >= 15 is 0 Å². The zero-order valence-corrected chi connectivity index (χ0v) is 14.2. The Bertz CT molecular complexity index is 647. The van der Waals surface area contributed by atoms with Crippen LogP contribution >= 0.6 is 11.6 Å². The van der Waals surface area contributed by atoms with E-state index in [1.807, 2.05) is 0 Å². The Labute approximate surface area is 141 Å². The average Bonchev–Trinajstić information content (AvgIpc) is 2.47. The maximum atomic E-state index is 13.0. The molecule has 0 heterocycles. The standard InChI is InChI=1S/C19H22ClNO2/c1-11(22)15-3-2-4-16(17(15)20)21-18(23)19-8-12-5-13(9-19)7-14(6-12)10-19/h2-4,12-14H,5-10H2,1H3,(H,21,23). The number of hydrogen-bond acceptors (Lipinski definition) is 2. The average molecular weight is 332 g/mol. The Morgan fingerprint density at radius 3 is 2.17 bits per heavy atom. The molecule has 4 bridgehead atoms. The van der Waals surface area contributed by atoms with Gasteiger partial charge in [0.25, 0.3) is 0 Å². The lowest BCUT2D eigenvalue weighted by Crippen LogP contribution is -2.51. The van der Waals surface area contributed by atoms with Gasteiger partial charge >= 0.3 is 0 Å². The van der Waals surface area contributed by atoms with Crippen LogP contribution in [0.1, 0.15) is 55.8 Å². The van der Waals surface area contributed by atoms with E-state index in [0.29, 0.717) is 16.3 Å². The van der Waals surface area contributed by atoms with Gasteiger partial charge in [0.15, 0.2) is 5.78 Å². The monoisotopic (exact) mass is 331 g/mol. The summed E-state index contributed by atoms with van der Waals surface area (Å²) >= 11 is 6.32. The van der Waals surface area contributed by atoms with Gasteiger partial charge in [0.2, 0.25) is 5.91 Å². The third-order valence-electron chi connectivity index (χ3n) is 6.15. The molecule has 0 radical (unpaired) electrons. The molecule has 4 aliphatic rings. The van der Waals surface area contributed by atoms with E-state index in [1.54, 1.807) is 18.2 Å². The molecular formula is C19H22ClNO2. The van der Waals surface area contributed by atoms with E-state index in [1.165, 1.54) is 26.2 Å². The van der Waals surface area contributed by atoms with Crippen molar-refractivity contribution in [3.05, 3.63) is 28.8 Å². The molecule has 1 N–H and O–H groups in total. The van der Waals surface area contributed by atoms with E-state index in [9.17, 15) is 9.59 Å². The minimum absolute atomic E-state index is 0.0825. The summed E-state index contributed by atoms with van der Waals surface area (Å²) in [5.41, 5.74) is 0.833. The second kappa shape index (κ2) is 5.34. The van der Waals surface area contributed by atoms with Crippen molar-refractivity contribution in [1.29, 1.82) is 0 Å². The van der Waals surface area contributed by atoms with Crippen molar-refractivity contribution in [2.75, 3.05) is 5.32 Å². The van der Waals surface area contributed by atoms with Crippen LogP contribution in [-0.4, -0.2) is 11.7 Å². The molecule has 122 valence electrons. The van der Waals surface area contributed by atoms with Crippen LogP contribution in [0.5, 0.6) is 0 Å². The maximum absolute atomic E-state index is 13.0. The first kappa shape index (κ1) is 15.2. The van der Waals surface area contributed by atoms with E-state index in [0.717, 1.165) is 37.0 Å². The molecule has 0 unspecified atom stereocenters. The number of Topliss-reactive ketones (excluding diaryl/α,β-unsaturated/α-hetero) is 1. The first-order chi connectivity index (χ1) is 11.0. The van der Waals surface area contributed by atoms with Crippen LogP contribution < -0.4 is 5.32 Å². The molecule has 1 aromatic carbocycles. The topological polar surface area (TPSA) is 46.2 Å². The predicted molar refractivity (Wildman–Crippen MR) is 90.7 cm³/mol. The minimum Gasteiger partial charge on any atom is -0.324 e. The molecule has 0 spiro atoms. The summed E-state index contributed by atoms with van der Waals surface area (Å²) in [6, 6.07) is 5.26. The van der Waals surface area contributed by atoms with Gasteiger partial charge in [0, 0.05) is 5.56 Å². The molecule has 4 saturated carbocycles. The molecular weight excluding hydrogens is 310 g/mol. The van der Waals surface area contributed by atoms with Crippen molar-refractivity contribution in [2.24, 2.45) is 23.2 Å². The second-order valence-corrected chi connectivity index (χ2v) is 8.25. The second-order valence-electron chi connectivity index (χ2n) is 7.88. The van der Waals surface area contributed by atoms with Gasteiger partial charge in [-0.15, -0.1) is 0 Å². The summed E-state index contributed by atoms with van der Waals surface area (Å²) in [6.07, 6.45) is 7.01. The fourth-order valence-electron chi connectivity index (χ4n) is 5.54. The van der Waals surface area contributed by atoms with Gasteiger partial charge in [-0.1, -0.05) is 17.7 Å². The summed E-state index contributed by atoms with van der Waals surface area (Å²) in [5.74, 6) is 2.21. The molecule has 4 aliphatic carbocycles. The number of carbonyl (C=O) groups excluding carboxylic acids is 2. The summed E-state index contributed by atoms with van der Waals surface area (Å²) < 4.78 is 0. The van der Waals surface area contributed by atoms with Crippen LogP contribution in [0.15, 0.2) is 18.2 Å². The highest BCUT2D eigenvalue weighted by Gasteiger charge is 2.54. The lowest BCUT2D eigenvalue weighted by atomic mass is 9.49. The third kappa shape index (κ3) is 2.50. The van der Waals surface area contributed by atoms with Crippen LogP contribution in [0.4, 0.5) is 5.69 Å². The normalized spacial score (nSPS) is 34.4. The van der Waals surface area contributed by atoms with Crippen LogP contribution in [0.2, 0.25) is 5.02 Å². The molecule has 0 aromatic heterocycles. The number of halogens is 1. The van der Waals surface area contributed by atoms with Crippen LogP contribution in [0, 0.1) is 23.2 Å². The van der Waals surface area contributed by atoms with Crippen molar-refractivity contribution < 1.29 is 9.59 Å². The minimum atomic E-state index is -0.204. The molecule has 4 heteroatoms. The van der Waals surface area contributed by atoms with Crippen molar-refractivity contribution in [2.45, 2.75) is 45.4 Å². The fourth-order valence-corrected chi connectivity index (χ4v) is 5.85. The zero-order valence-electron chi connectivity index (χ0n) is 13.4. The number of benzene rings is 1. The number of nitrogens with one attached hydrogen (secondary N) is 1. The number of ketones is 1. The zero-order chi connectivity index (χ0) is 16.2. The number of anilines is 1. The third-order valence-corrected chi connectivity index (χ3v) is 6.55. The number of rotatable bonds is 3. The van der Waals surface area contributed by atoms with Gasteiger partial charge in [-0.05, 0) is 75.3 Å². The van der Waals surface area contributed by atoms with Gasteiger partial charge in [0.1, 0.15) is 0 Å². The van der Waals surface area contributed by atoms with Gasteiger partial charge < -0.3 is 5.32 Å². The number of hydrogen-bond donors (Lipinski definition) is 1. The van der Waals surface area contributed by atoms with E-state index in [2.05, 4.69) is 5.32 Å². The molecule has 3 nitrogen and oxygen atoms in total. The van der Waals surface area contributed by atoms with Crippen molar-refractivity contribution in [1.82, 2.24) is 0 Å². The first-order valence-corrected chi connectivity index (χ1v) is 8.95. The number of carbonyl (C=O) groups is 2. The summed E-state index contributed by atoms with van der Waals surface area (Å²) in [6.45, 7) is 1.49. The van der Waals surface area contributed by atoms with Crippen molar-refractivity contribution >= 4 is 29.0 Å². The van der Waals surface area contributed by atoms with Crippen molar-refractivity contribution in [3.8, 4) is 0 Å². The summed E-state index contributed by atoms with van der Waals surface area (Å²) in [4.78, 5) is 24.7. The van der Waals surface area contributed by atoms with E-state index in [-0.39, 0.29) is 17.1 Å². The lowest BCUT2D eigenvalue weighted by Gasteiger charge is -2.55. The summed E-state index contributed by atoms with van der Waals surface area (Å²) in [7, 11) is 0. The van der Waals surface area contributed by atoms with Gasteiger partial charge in [-0.2, -0.15) is 0 Å². The molecule has 0 atom stereocenters. The van der Waals surface area contributed by atoms with Crippen LogP contribution in [-0.2, 0) is 4.79 Å². The van der Waals surface area contributed by atoms with E-state index < -0.39 is 0 Å². The molecule has 4 fully saturated rings. The highest BCUT2D eigenvalue weighted by atomic mass is 35.5. The Balaban J connectivity index is 1.59. The van der Waals surface area contributed by atoms with E-state index in [4.69, 9.17) is 11.6 Å². The largest absolute Gasteiger partial charge is 0.324 e. The molecule has 1 amide bonds. The quantitative estimate of drug-likeness (QED) is 0.816. The van der Waals surface area contributed by atoms with Gasteiger partial charge in [0.05, 0.1) is 16.1 Å². The summed E-state index contributed by atoms with van der Waals surface area (Å²) in [5, 5.41) is 3.40. The maximum Gasteiger partial charge on any atom is 0.230 e. The lowest BCUT2D eigenvalue weighted by molar-refractivity contribution is -0.140. The fraction of sp³-hybridized carbons (Fsp3) is 0.579. The molecule has 1 aromatic rings. The Kier molecular flexibility index (Phi) is 3.53. The van der Waals surface area contributed by atoms with Crippen LogP contribution in [0.3, 0.4) is 0 Å². The smallest absolute Gasteiger partial charge is 0.230 e. The predicted octanol–water partition coefficient (Wildman–Crippen LogP) is 4.70. The van der Waals surface area contributed by atoms with Crippen molar-refractivity contribution in [3.63, 3.8) is 0 Å². The molecule has 0 saturated heterocycles.